The molecular weight excluding hydrogens is 278 g/mol. The predicted octanol–water partition coefficient (Wildman–Crippen LogP) is 4.92. The van der Waals surface area contributed by atoms with Gasteiger partial charge in [-0.05, 0) is 66.6 Å². The molecule has 1 aliphatic carbocycles. The highest BCUT2D eigenvalue weighted by atomic mass is 35.5. The second-order valence-corrected chi connectivity index (χ2v) is 6.22. The third-order valence-corrected chi connectivity index (χ3v) is 4.53. The Morgan fingerprint density at radius 1 is 1.00 bits per heavy atom. The van der Waals surface area contributed by atoms with Crippen molar-refractivity contribution in [1.82, 2.24) is 5.32 Å². The van der Waals surface area contributed by atoms with Crippen LogP contribution in [-0.2, 0) is 12.8 Å². The first-order valence-corrected chi connectivity index (χ1v) is 8.26. The predicted molar refractivity (Wildman–Crippen MR) is 90.1 cm³/mol. The molecule has 0 amide bonds. The van der Waals surface area contributed by atoms with Crippen LogP contribution in [0.2, 0.25) is 5.02 Å². The number of halogens is 1. The molecule has 1 unspecified atom stereocenters. The van der Waals surface area contributed by atoms with E-state index in [-0.39, 0.29) is 6.04 Å². The number of fused-ring (bicyclic) bond motifs is 1. The Morgan fingerprint density at radius 2 is 1.76 bits per heavy atom. The fourth-order valence-corrected chi connectivity index (χ4v) is 3.45. The molecule has 2 aromatic carbocycles. The maximum absolute atomic E-state index is 6.16. The molecule has 1 aliphatic rings. The van der Waals surface area contributed by atoms with E-state index in [4.69, 9.17) is 11.6 Å². The van der Waals surface area contributed by atoms with Crippen molar-refractivity contribution in [2.45, 2.75) is 38.6 Å². The number of hydrogen-bond donors (Lipinski definition) is 1. The standard InChI is InChI=1S/C19H22ClN/c1-2-21-19(16-8-5-9-18(20)13-16)17-11-10-14-6-3-4-7-15(14)12-17/h5,8-13,19,21H,2-4,6-7H2,1H3. The van der Waals surface area contributed by atoms with Gasteiger partial charge in [0.1, 0.15) is 0 Å². The smallest absolute Gasteiger partial charge is 0.0577 e. The highest BCUT2D eigenvalue weighted by Crippen LogP contribution is 2.29. The van der Waals surface area contributed by atoms with Crippen molar-refractivity contribution in [1.29, 1.82) is 0 Å². The van der Waals surface area contributed by atoms with Crippen LogP contribution in [0.15, 0.2) is 42.5 Å². The summed E-state index contributed by atoms with van der Waals surface area (Å²) in [5, 5.41) is 4.39. The van der Waals surface area contributed by atoms with Gasteiger partial charge in [0.15, 0.2) is 0 Å². The summed E-state index contributed by atoms with van der Waals surface area (Å²) in [6, 6.07) is 15.4. The number of rotatable bonds is 4. The molecule has 0 spiro atoms. The van der Waals surface area contributed by atoms with E-state index in [0.717, 1.165) is 11.6 Å². The van der Waals surface area contributed by atoms with Gasteiger partial charge < -0.3 is 5.32 Å². The van der Waals surface area contributed by atoms with Crippen molar-refractivity contribution in [3.8, 4) is 0 Å². The Labute approximate surface area is 132 Å². The van der Waals surface area contributed by atoms with Crippen molar-refractivity contribution < 1.29 is 0 Å². The summed E-state index contributed by atoms with van der Waals surface area (Å²) in [6.45, 7) is 3.09. The second kappa shape index (κ2) is 6.64. The molecule has 3 rings (SSSR count). The average Bonchev–Trinajstić information content (AvgIpc) is 2.52. The quantitative estimate of drug-likeness (QED) is 0.845. The molecule has 1 N–H and O–H groups in total. The summed E-state index contributed by atoms with van der Waals surface area (Å²) < 4.78 is 0. The lowest BCUT2D eigenvalue weighted by Crippen LogP contribution is -2.22. The summed E-state index contributed by atoms with van der Waals surface area (Å²) >= 11 is 6.16. The molecule has 0 radical (unpaired) electrons. The van der Waals surface area contributed by atoms with Crippen LogP contribution in [-0.4, -0.2) is 6.54 Å². The molecule has 0 heterocycles. The third-order valence-electron chi connectivity index (χ3n) is 4.30. The molecule has 0 bridgehead atoms. The third kappa shape index (κ3) is 3.30. The van der Waals surface area contributed by atoms with E-state index in [0.29, 0.717) is 0 Å². The van der Waals surface area contributed by atoms with Crippen LogP contribution in [0, 0.1) is 0 Å². The molecule has 2 heteroatoms. The van der Waals surface area contributed by atoms with Crippen molar-refractivity contribution >= 4 is 11.6 Å². The Morgan fingerprint density at radius 3 is 2.52 bits per heavy atom. The molecule has 1 nitrogen and oxygen atoms in total. The highest BCUT2D eigenvalue weighted by Gasteiger charge is 2.16. The Kier molecular flexibility index (Phi) is 4.62. The Hall–Kier alpha value is -1.31. The Balaban J connectivity index is 1.97. The van der Waals surface area contributed by atoms with Crippen molar-refractivity contribution in [3.05, 3.63) is 69.7 Å². The number of nitrogens with one attached hydrogen (secondary N) is 1. The van der Waals surface area contributed by atoms with E-state index < -0.39 is 0 Å². The van der Waals surface area contributed by atoms with E-state index in [1.165, 1.54) is 47.9 Å². The molecule has 0 saturated carbocycles. The topological polar surface area (TPSA) is 12.0 Å². The van der Waals surface area contributed by atoms with Gasteiger partial charge in [-0.3, -0.25) is 0 Å². The minimum atomic E-state index is 0.223. The summed E-state index contributed by atoms with van der Waals surface area (Å²) in [5.41, 5.74) is 5.65. The monoisotopic (exact) mass is 299 g/mol. The first kappa shape index (κ1) is 14.6. The molecule has 1 atom stereocenters. The van der Waals surface area contributed by atoms with Crippen molar-refractivity contribution in [2.24, 2.45) is 0 Å². The first-order chi connectivity index (χ1) is 10.3. The molecule has 0 saturated heterocycles. The summed E-state index contributed by atoms with van der Waals surface area (Å²) in [4.78, 5) is 0. The first-order valence-electron chi connectivity index (χ1n) is 7.88. The minimum Gasteiger partial charge on any atom is -0.307 e. The lowest BCUT2D eigenvalue weighted by atomic mass is 9.88. The molecule has 0 fully saturated rings. The van der Waals surface area contributed by atoms with Gasteiger partial charge in [-0.1, -0.05) is 48.9 Å². The van der Waals surface area contributed by atoms with Crippen LogP contribution in [0.25, 0.3) is 0 Å². The van der Waals surface area contributed by atoms with Gasteiger partial charge in [-0.2, -0.15) is 0 Å². The SMILES string of the molecule is CCNC(c1cccc(Cl)c1)c1ccc2c(c1)CCCC2. The number of aryl methyl sites for hydroxylation is 2. The summed E-state index contributed by atoms with van der Waals surface area (Å²) in [6.07, 6.45) is 5.10. The number of hydrogen-bond acceptors (Lipinski definition) is 1. The normalized spacial score (nSPS) is 15.5. The second-order valence-electron chi connectivity index (χ2n) is 5.78. The van der Waals surface area contributed by atoms with E-state index in [1.54, 1.807) is 0 Å². The Bertz CT molecular complexity index is 621. The molecule has 2 aromatic rings. The van der Waals surface area contributed by atoms with Gasteiger partial charge in [0.05, 0.1) is 6.04 Å². The molecular formula is C19H22ClN. The van der Waals surface area contributed by atoms with Crippen molar-refractivity contribution in [3.63, 3.8) is 0 Å². The maximum Gasteiger partial charge on any atom is 0.0577 e. The van der Waals surface area contributed by atoms with Gasteiger partial charge in [0.25, 0.3) is 0 Å². The van der Waals surface area contributed by atoms with E-state index in [9.17, 15) is 0 Å². The summed E-state index contributed by atoms with van der Waals surface area (Å²) in [5.74, 6) is 0. The lowest BCUT2D eigenvalue weighted by molar-refractivity contribution is 0.625. The summed E-state index contributed by atoms with van der Waals surface area (Å²) in [7, 11) is 0. The fourth-order valence-electron chi connectivity index (χ4n) is 3.25. The van der Waals surface area contributed by atoms with Gasteiger partial charge >= 0.3 is 0 Å². The van der Waals surface area contributed by atoms with Gasteiger partial charge in [-0.25, -0.2) is 0 Å². The zero-order valence-electron chi connectivity index (χ0n) is 12.5. The van der Waals surface area contributed by atoms with E-state index in [2.05, 4.69) is 42.6 Å². The van der Waals surface area contributed by atoms with Crippen LogP contribution in [0.4, 0.5) is 0 Å². The van der Waals surface area contributed by atoms with Crippen LogP contribution >= 0.6 is 11.6 Å². The number of benzene rings is 2. The van der Waals surface area contributed by atoms with Crippen LogP contribution in [0.5, 0.6) is 0 Å². The van der Waals surface area contributed by atoms with E-state index >= 15 is 0 Å². The largest absolute Gasteiger partial charge is 0.307 e. The van der Waals surface area contributed by atoms with Gasteiger partial charge in [-0.15, -0.1) is 0 Å². The van der Waals surface area contributed by atoms with Gasteiger partial charge in [0, 0.05) is 5.02 Å². The molecule has 21 heavy (non-hydrogen) atoms. The minimum absolute atomic E-state index is 0.223. The fraction of sp³-hybridized carbons (Fsp3) is 0.368. The highest BCUT2D eigenvalue weighted by molar-refractivity contribution is 6.30. The molecule has 0 aromatic heterocycles. The van der Waals surface area contributed by atoms with E-state index in [1.807, 2.05) is 12.1 Å². The van der Waals surface area contributed by atoms with Crippen LogP contribution in [0.1, 0.15) is 48.1 Å². The molecule has 0 aliphatic heterocycles. The zero-order valence-corrected chi connectivity index (χ0v) is 13.3. The van der Waals surface area contributed by atoms with Crippen LogP contribution < -0.4 is 5.32 Å². The average molecular weight is 300 g/mol. The van der Waals surface area contributed by atoms with Gasteiger partial charge in [0.2, 0.25) is 0 Å². The lowest BCUT2D eigenvalue weighted by Gasteiger charge is -2.23. The van der Waals surface area contributed by atoms with Crippen LogP contribution in [0.3, 0.4) is 0 Å². The zero-order chi connectivity index (χ0) is 14.7. The molecule has 110 valence electrons. The van der Waals surface area contributed by atoms with Crippen molar-refractivity contribution in [2.75, 3.05) is 6.54 Å². The maximum atomic E-state index is 6.16.